The second-order valence-corrected chi connectivity index (χ2v) is 6.87. The third-order valence-electron chi connectivity index (χ3n) is 3.52. The fraction of sp³-hybridized carbons (Fsp3) is 0.312. The molecule has 0 aliphatic carbocycles. The quantitative estimate of drug-likeness (QED) is 0.714. The molecule has 0 saturated heterocycles. The third-order valence-corrected chi connectivity index (χ3v) is 4.69. The van der Waals surface area contributed by atoms with Crippen LogP contribution >= 0.6 is 0 Å². The van der Waals surface area contributed by atoms with Gasteiger partial charge in [0.25, 0.3) is 0 Å². The number of nitrogens with zero attached hydrogens (tertiary/aromatic N) is 3. The van der Waals surface area contributed by atoms with Gasteiger partial charge in [0.05, 0.1) is 11.4 Å². The van der Waals surface area contributed by atoms with Crippen molar-refractivity contribution in [2.24, 2.45) is 0 Å². The van der Waals surface area contributed by atoms with Crippen LogP contribution in [0.3, 0.4) is 0 Å². The monoisotopic (exact) mass is 331 g/mol. The second-order valence-electron chi connectivity index (χ2n) is 5.41. The van der Waals surface area contributed by atoms with E-state index in [0.717, 1.165) is 22.4 Å². The highest BCUT2D eigenvalue weighted by Gasteiger charge is 2.16. The molecule has 0 radical (unpaired) electrons. The summed E-state index contributed by atoms with van der Waals surface area (Å²) in [4.78, 5) is 4.33. The number of rotatable bonds is 5. The summed E-state index contributed by atoms with van der Waals surface area (Å²) in [6, 6.07) is 7.84. The summed E-state index contributed by atoms with van der Waals surface area (Å²) >= 11 is 0. The smallest absolute Gasteiger partial charge is 0.239 e. The molecule has 3 rings (SSSR count). The zero-order chi connectivity index (χ0) is 16.4. The summed E-state index contributed by atoms with van der Waals surface area (Å²) in [5.74, 6) is 2.15. The van der Waals surface area contributed by atoms with Crippen LogP contribution in [0.15, 0.2) is 33.3 Å². The van der Waals surface area contributed by atoms with Crippen LogP contribution in [0, 0.1) is 20.8 Å². The van der Waals surface area contributed by atoms with Gasteiger partial charge in [0.1, 0.15) is 11.5 Å². The number of hydrogen-bond donors (Lipinski definition) is 0. The second kappa shape index (κ2) is 6.45. The first-order valence-electron chi connectivity index (χ1n) is 7.19. The molecule has 3 aromatic rings. The van der Waals surface area contributed by atoms with Gasteiger partial charge >= 0.3 is 0 Å². The Hall–Kier alpha value is -2.28. The lowest BCUT2D eigenvalue weighted by Gasteiger charge is -1.98. The Morgan fingerprint density at radius 1 is 1.09 bits per heavy atom. The molecule has 0 spiro atoms. The summed E-state index contributed by atoms with van der Waals surface area (Å²) in [7, 11) is -1.16. The number of aromatic nitrogens is 3. The van der Waals surface area contributed by atoms with Gasteiger partial charge in [0.2, 0.25) is 11.7 Å². The van der Waals surface area contributed by atoms with Gasteiger partial charge in [-0.05, 0) is 26.8 Å². The van der Waals surface area contributed by atoms with Crippen LogP contribution in [-0.2, 0) is 22.3 Å². The zero-order valence-corrected chi connectivity index (χ0v) is 14.0. The van der Waals surface area contributed by atoms with E-state index >= 15 is 0 Å². The lowest BCUT2D eigenvalue weighted by atomic mass is 10.1. The fourth-order valence-electron chi connectivity index (χ4n) is 2.27. The lowest BCUT2D eigenvalue weighted by molar-refractivity contribution is 0.390. The number of hydrogen-bond acceptors (Lipinski definition) is 6. The van der Waals surface area contributed by atoms with Crippen molar-refractivity contribution in [1.82, 2.24) is 15.3 Å². The van der Waals surface area contributed by atoms with Gasteiger partial charge in [-0.2, -0.15) is 4.98 Å². The maximum Gasteiger partial charge on any atom is 0.239 e. The van der Waals surface area contributed by atoms with E-state index < -0.39 is 10.8 Å². The normalized spacial score (nSPS) is 12.5. The molecule has 0 unspecified atom stereocenters. The molecule has 0 aliphatic heterocycles. The molecule has 0 bridgehead atoms. The Morgan fingerprint density at radius 3 is 2.61 bits per heavy atom. The summed E-state index contributed by atoms with van der Waals surface area (Å²) < 4.78 is 22.6. The topological polar surface area (TPSA) is 82.0 Å². The minimum atomic E-state index is -1.16. The standard InChI is InChI=1S/C16H17N3O3S/c1-10-5-4-6-13(7-10)16-17-15(22-19-16)9-23(20)8-14-11(2)18-21-12(14)3/h4-7H,8-9H2,1-3H3/t23-/m1/s1. The molecule has 0 amide bonds. The highest BCUT2D eigenvalue weighted by Crippen LogP contribution is 2.19. The molecular weight excluding hydrogens is 314 g/mol. The van der Waals surface area contributed by atoms with Crippen molar-refractivity contribution < 1.29 is 13.3 Å². The first-order chi connectivity index (χ1) is 11.0. The third kappa shape index (κ3) is 3.56. The fourth-order valence-corrected chi connectivity index (χ4v) is 3.50. The minimum Gasteiger partial charge on any atom is -0.361 e. The number of aryl methyl sites for hydroxylation is 3. The summed E-state index contributed by atoms with van der Waals surface area (Å²) in [5.41, 5.74) is 3.65. The highest BCUT2D eigenvalue weighted by molar-refractivity contribution is 7.83. The van der Waals surface area contributed by atoms with E-state index in [2.05, 4.69) is 15.3 Å². The summed E-state index contributed by atoms with van der Waals surface area (Å²) in [6.45, 7) is 5.66. The Kier molecular flexibility index (Phi) is 4.38. The Balaban J connectivity index is 1.70. The lowest BCUT2D eigenvalue weighted by Crippen LogP contribution is -2.01. The SMILES string of the molecule is Cc1cccc(-c2noc(C[S@](=O)Cc3c(C)noc3C)n2)c1. The Bertz CT molecular complexity index is 834. The summed E-state index contributed by atoms with van der Waals surface area (Å²) in [5, 5.41) is 7.83. The largest absolute Gasteiger partial charge is 0.361 e. The van der Waals surface area contributed by atoms with E-state index in [0.29, 0.717) is 23.2 Å². The molecule has 0 aliphatic rings. The van der Waals surface area contributed by atoms with Crippen molar-refractivity contribution in [2.75, 3.05) is 0 Å². The van der Waals surface area contributed by atoms with Crippen LogP contribution in [0.1, 0.15) is 28.5 Å². The average molecular weight is 331 g/mol. The van der Waals surface area contributed by atoms with Crippen LogP contribution in [0.25, 0.3) is 11.4 Å². The molecule has 23 heavy (non-hydrogen) atoms. The molecular formula is C16H17N3O3S. The van der Waals surface area contributed by atoms with Crippen LogP contribution < -0.4 is 0 Å². The van der Waals surface area contributed by atoms with Gasteiger partial charge in [0, 0.05) is 21.9 Å². The van der Waals surface area contributed by atoms with E-state index in [1.807, 2.05) is 45.0 Å². The molecule has 0 fully saturated rings. The molecule has 120 valence electrons. The van der Waals surface area contributed by atoms with Gasteiger partial charge in [-0.1, -0.05) is 34.1 Å². The van der Waals surface area contributed by atoms with Crippen LogP contribution in [0.4, 0.5) is 0 Å². The Morgan fingerprint density at radius 2 is 1.91 bits per heavy atom. The maximum atomic E-state index is 12.3. The molecule has 0 N–H and O–H groups in total. The van der Waals surface area contributed by atoms with E-state index in [4.69, 9.17) is 9.05 Å². The Labute approximate surface area is 136 Å². The van der Waals surface area contributed by atoms with Gasteiger partial charge in [-0.25, -0.2) is 0 Å². The minimum absolute atomic E-state index is 0.211. The van der Waals surface area contributed by atoms with Gasteiger partial charge < -0.3 is 9.05 Å². The highest BCUT2D eigenvalue weighted by atomic mass is 32.2. The molecule has 7 heteroatoms. The first kappa shape index (κ1) is 15.6. The van der Waals surface area contributed by atoms with Crippen molar-refractivity contribution in [3.8, 4) is 11.4 Å². The number of benzene rings is 1. The van der Waals surface area contributed by atoms with Crippen molar-refractivity contribution in [1.29, 1.82) is 0 Å². The molecule has 1 aromatic carbocycles. The van der Waals surface area contributed by atoms with Crippen LogP contribution in [0.5, 0.6) is 0 Å². The molecule has 6 nitrogen and oxygen atoms in total. The molecule has 2 heterocycles. The van der Waals surface area contributed by atoms with Crippen molar-refractivity contribution >= 4 is 10.8 Å². The molecule has 1 atom stereocenters. The molecule has 0 saturated carbocycles. The molecule has 2 aromatic heterocycles. The van der Waals surface area contributed by atoms with Crippen molar-refractivity contribution in [2.45, 2.75) is 32.3 Å². The van der Waals surface area contributed by atoms with E-state index in [-0.39, 0.29) is 5.75 Å². The van der Waals surface area contributed by atoms with Crippen LogP contribution in [0.2, 0.25) is 0 Å². The van der Waals surface area contributed by atoms with Gasteiger partial charge in [0.15, 0.2) is 0 Å². The predicted molar refractivity (Wildman–Crippen MR) is 86.0 cm³/mol. The first-order valence-corrected chi connectivity index (χ1v) is 8.68. The van der Waals surface area contributed by atoms with Gasteiger partial charge in [-0.3, -0.25) is 4.21 Å². The van der Waals surface area contributed by atoms with E-state index in [9.17, 15) is 4.21 Å². The van der Waals surface area contributed by atoms with Crippen LogP contribution in [-0.4, -0.2) is 19.5 Å². The van der Waals surface area contributed by atoms with Crippen molar-refractivity contribution in [3.05, 3.63) is 52.7 Å². The zero-order valence-electron chi connectivity index (χ0n) is 13.2. The van der Waals surface area contributed by atoms with Gasteiger partial charge in [-0.15, -0.1) is 0 Å². The van der Waals surface area contributed by atoms with E-state index in [1.165, 1.54) is 0 Å². The summed E-state index contributed by atoms with van der Waals surface area (Å²) in [6.07, 6.45) is 0. The maximum absolute atomic E-state index is 12.3. The predicted octanol–water partition coefficient (Wildman–Crippen LogP) is 3.10. The average Bonchev–Trinajstić information content (AvgIpc) is 3.09. The van der Waals surface area contributed by atoms with Crippen molar-refractivity contribution in [3.63, 3.8) is 0 Å². The van der Waals surface area contributed by atoms with E-state index in [1.54, 1.807) is 0 Å².